The SMILES string of the molecule is CCC(=O)Nc1cc(Cl)cc(COc2c(Br)cc(CCC(=O)O)cc2Br)c1F. The van der Waals surface area contributed by atoms with Gasteiger partial charge in [0.05, 0.1) is 14.6 Å². The van der Waals surface area contributed by atoms with Crippen LogP contribution in [0, 0.1) is 5.82 Å². The summed E-state index contributed by atoms with van der Waals surface area (Å²) in [4.78, 5) is 22.3. The first-order chi connectivity index (χ1) is 13.2. The van der Waals surface area contributed by atoms with E-state index >= 15 is 0 Å². The summed E-state index contributed by atoms with van der Waals surface area (Å²) in [5.41, 5.74) is 1.000. The number of hydrogen-bond acceptors (Lipinski definition) is 3. The predicted octanol–water partition coefficient (Wildman–Crippen LogP) is 5.95. The summed E-state index contributed by atoms with van der Waals surface area (Å²) in [6.45, 7) is 1.55. The number of carboxylic acids is 1. The molecule has 9 heteroatoms. The average Bonchev–Trinajstić information content (AvgIpc) is 2.62. The van der Waals surface area contributed by atoms with Gasteiger partial charge in [0.2, 0.25) is 5.91 Å². The Bertz CT molecular complexity index is 885. The first-order valence-electron chi connectivity index (χ1n) is 8.31. The summed E-state index contributed by atoms with van der Waals surface area (Å²) >= 11 is 12.8. The van der Waals surface area contributed by atoms with E-state index in [1.807, 2.05) is 0 Å². The smallest absolute Gasteiger partial charge is 0.303 e. The number of anilines is 1. The predicted molar refractivity (Wildman–Crippen MR) is 112 cm³/mol. The summed E-state index contributed by atoms with van der Waals surface area (Å²) in [5.74, 6) is -1.38. The maximum absolute atomic E-state index is 14.7. The number of carbonyl (C=O) groups excluding carboxylic acids is 1. The van der Waals surface area contributed by atoms with Crippen LogP contribution in [0.25, 0.3) is 0 Å². The molecule has 2 rings (SSSR count). The number of carboxylic acid groups (broad SMARTS) is 1. The van der Waals surface area contributed by atoms with Crippen molar-refractivity contribution in [1.29, 1.82) is 0 Å². The van der Waals surface area contributed by atoms with Crippen molar-refractivity contribution in [2.45, 2.75) is 32.8 Å². The topological polar surface area (TPSA) is 75.6 Å². The molecule has 0 aromatic heterocycles. The van der Waals surface area contributed by atoms with E-state index in [2.05, 4.69) is 37.2 Å². The van der Waals surface area contributed by atoms with E-state index in [9.17, 15) is 14.0 Å². The van der Waals surface area contributed by atoms with Gasteiger partial charge in [-0.25, -0.2) is 4.39 Å². The van der Waals surface area contributed by atoms with Gasteiger partial charge in [-0.05, 0) is 68.1 Å². The molecule has 0 heterocycles. The highest BCUT2D eigenvalue weighted by Gasteiger charge is 2.15. The lowest BCUT2D eigenvalue weighted by molar-refractivity contribution is -0.137. The number of benzene rings is 2. The molecule has 2 aromatic carbocycles. The zero-order valence-electron chi connectivity index (χ0n) is 14.8. The fourth-order valence-electron chi connectivity index (χ4n) is 2.38. The molecule has 0 aliphatic rings. The summed E-state index contributed by atoms with van der Waals surface area (Å²) in [7, 11) is 0. The average molecular weight is 538 g/mol. The van der Waals surface area contributed by atoms with Crippen molar-refractivity contribution < 1.29 is 23.8 Å². The van der Waals surface area contributed by atoms with Crippen LogP contribution in [0.4, 0.5) is 10.1 Å². The van der Waals surface area contributed by atoms with E-state index < -0.39 is 11.8 Å². The van der Waals surface area contributed by atoms with Gasteiger partial charge in [-0.2, -0.15) is 0 Å². The number of nitrogens with one attached hydrogen (secondary N) is 1. The molecule has 150 valence electrons. The van der Waals surface area contributed by atoms with Crippen LogP contribution in [0.15, 0.2) is 33.2 Å². The number of amides is 1. The van der Waals surface area contributed by atoms with E-state index in [0.29, 0.717) is 21.1 Å². The molecule has 2 N–H and O–H groups in total. The number of carbonyl (C=O) groups is 2. The highest BCUT2D eigenvalue weighted by atomic mass is 79.9. The molecule has 0 bridgehead atoms. The maximum Gasteiger partial charge on any atom is 0.303 e. The van der Waals surface area contributed by atoms with Gasteiger partial charge in [-0.3, -0.25) is 9.59 Å². The Hall–Kier alpha value is -1.64. The van der Waals surface area contributed by atoms with Gasteiger partial charge in [-0.15, -0.1) is 0 Å². The number of aryl methyl sites for hydroxylation is 1. The first-order valence-corrected chi connectivity index (χ1v) is 10.3. The van der Waals surface area contributed by atoms with Crippen molar-refractivity contribution >= 4 is 61.0 Å². The van der Waals surface area contributed by atoms with Crippen LogP contribution in [-0.2, 0) is 22.6 Å². The fourth-order valence-corrected chi connectivity index (χ4v) is 4.13. The molecule has 0 saturated carbocycles. The summed E-state index contributed by atoms with van der Waals surface area (Å²) in [6, 6.07) is 6.28. The van der Waals surface area contributed by atoms with Crippen LogP contribution in [0.1, 0.15) is 30.9 Å². The van der Waals surface area contributed by atoms with Gasteiger partial charge in [-0.1, -0.05) is 18.5 Å². The Kier molecular flexibility index (Phi) is 8.27. The molecule has 0 radical (unpaired) electrons. The molecule has 0 aliphatic carbocycles. The molecule has 0 aliphatic heterocycles. The number of aliphatic carboxylic acids is 1. The lowest BCUT2D eigenvalue weighted by Crippen LogP contribution is -2.12. The zero-order chi connectivity index (χ0) is 20.8. The maximum atomic E-state index is 14.7. The third kappa shape index (κ3) is 6.18. The second-order valence-corrected chi connectivity index (χ2v) is 8.04. The van der Waals surface area contributed by atoms with E-state index in [1.54, 1.807) is 19.1 Å². The Morgan fingerprint density at radius 1 is 1.21 bits per heavy atom. The summed E-state index contributed by atoms with van der Waals surface area (Å²) in [6.07, 6.45) is 0.598. The van der Waals surface area contributed by atoms with Gasteiger partial charge >= 0.3 is 5.97 Å². The van der Waals surface area contributed by atoms with Crippen LogP contribution in [0.5, 0.6) is 5.75 Å². The summed E-state index contributed by atoms with van der Waals surface area (Å²) < 4.78 is 21.6. The van der Waals surface area contributed by atoms with E-state index in [-0.39, 0.29) is 41.6 Å². The van der Waals surface area contributed by atoms with Crippen LogP contribution in [-0.4, -0.2) is 17.0 Å². The third-order valence-electron chi connectivity index (χ3n) is 3.77. The second kappa shape index (κ2) is 10.2. The van der Waals surface area contributed by atoms with Crippen molar-refractivity contribution in [1.82, 2.24) is 0 Å². The van der Waals surface area contributed by atoms with Crippen molar-refractivity contribution in [2.24, 2.45) is 0 Å². The Morgan fingerprint density at radius 3 is 2.43 bits per heavy atom. The lowest BCUT2D eigenvalue weighted by Gasteiger charge is -2.14. The molecule has 0 unspecified atom stereocenters. The largest absolute Gasteiger partial charge is 0.486 e. The van der Waals surface area contributed by atoms with E-state index in [0.717, 1.165) is 5.56 Å². The van der Waals surface area contributed by atoms with Crippen LogP contribution >= 0.6 is 43.5 Å². The molecule has 0 atom stereocenters. The molecular formula is C19H17Br2ClFNO4. The zero-order valence-corrected chi connectivity index (χ0v) is 18.7. The molecule has 28 heavy (non-hydrogen) atoms. The van der Waals surface area contributed by atoms with Gasteiger partial charge in [0.25, 0.3) is 0 Å². The lowest BCUT2D eigenvalue weighted by atomic mass is 10.1. The molecular weight excluding hydrogens is 520 g/mol. The number of ether oxygens (including phenoxy) is 1. The molecule has 2 aromatic rings. The standard InChI is InChI=1S/C19H17Br2ClFNO4/c1-2-16(25)24-15-8-12(22)7-11(18(15)23)9-28-19-13(20)5-10(6-14(19)21)3-4-17(26)27/h5-8H,2-4,9H2,1H3,(H,24,25)(H,26,27). The van der Waals surface area contributed by atoms with Crippen molar-refractivity contribution in [3.05, 3.63) is 55.2 Å². The van der Waals surface area contributed by atoms with Gasteiger partial charge in [0.1, 0.15) is 12.4 Å². The highest BCUT2D eigenvalue weighted by molar-refractivity contribution is 9.11. The van der Waals surface area contributed by atoms with Crippen molar-refractivity contribution in [3.63, 3.8) is 0 Å². The normalized spacial score (nSPS) is 10.6. The quantitative estimate of drug-likeness (QED) is 0.437. The van der Waals surface area contributed by atoms with Crippen molar-refractivity contribution in [3.8, 4) is 5.75 Å². The van der Waals surface area contributed by atoms with Crippen LogP contribution < -0.4 is 10.1 Å². The van der Waals surface area contributed by atoms with Gasteiger partial charge in [0, 0.05) is 23.4 Å². The Morgan fingerprint density at radius 2 is 1.86 bits per heavy atom. The number of hydrogen-bond donors (Lipinski definition) is 2. The fraction of sp³-hybridized carbons (Fsp3) is 0.263. The Labute approximate surface area is 183 Å². The molecule has 0 spiro atoms. The minimum Gasteiger partial charge on any atom is -0.486 e. The van der Waals surface area contributed by atoms with Gasteiger partial charge in [0.15, 0.2) is 5.82 Å². The summed E-state index contributed by atoms with van der Waals surface area (Å²) in [5, 5.41) is 11.5. The minimum atomic E-state index is -0.880. The van der Waals surface area contributed by atoms with Crippen LogP contribution in [0.3, 0.4) is 0 Å². The highest BCUT2D eigenvalue weighted by Crippen LogP contribution is 2.36. The number of halogens is 4. The van der Waals surface area contributed by atoms with Crippen molar-refractivity contribution in [2.75, 3.05) is 5.32 Å². The molecule has 1 amide bonds. The first kappa shape index (κ1) is 22.6. The van der Waals surface area contributed by atoms with E-state index in [4.69, 9.17) is 21.4 Å². The second-order valence-electron chi connectivity index (χ2n) is 5.90. The number of rotatable bonds is 8. The molecule has 0 fully saturated rings. The Balaban J connectivity index is 2.19. The monoisotopic (exact) mass is 535 g/mol. The minimum absolute atomic E-state index is 0.0000926. The van der Waals surface area contributed by atoms with Crippen LogP contribution in [0.2, 0.25) is 5.02 Å². The molecule has 0 saturated heterocycles. The van der Waals surface area contributed by atoms with E-state index in [1.165, 1.54) is 12.1 Å². The van der Waals surface area contributed by atoms with Gasteiger partial charge < -0.3 is 15.2 Å². The third-order valence-corrected chi connectivity index (χ3v) is 5.16. The molecule has 5 nitrogen and oxygen atoms in total.